The zero-order valence-corrected chi connectivity index (χ0v) is 12.1. The Morgan fingerprint density at radius 3 is 2.85 bits per heavy atom. The van der Waals surface area contributed by atoms with Gasteiger partial charge in [-0.25, -0.2) is 0 Å². The van der Waals surface area contributed by atoms with E-state index in [-0.39, 0.29) is 0 Å². The topological polar surface area (TPSA) is 39.1 Å². The van der Waals surface area contributed by atoms with Crippen molar-refractivity contribution < 1.29 is 4.74 Å². The van der Waals surface area contributed by atoms with E-state index in [4.69, 9.17) is 4.74 Å². The fraction of sp³-hybridized carbons (Fsp3) is 0.438. The van der Waals surface area contributed by atoms with Crippen molar-refractivity contribution in [1.29, 1.82) is 0 Å². The lowest BCUT2D eigenvalue weighted by Gasteiger charge is -2.12. The van der Waals surface area contributed by atoms with Gasteiger partial charge in [-0.2, -0.15) is 5.10 Å². The Balaban J connectivity index is 1.65. The van der Waals surface area contributed by atoms with E-state index < -0.39 is 0 Å². The predicted molar refractivity (Wildman–Crippen MR) is 78.6 cm³/mol. The number of para-hydroxylation sites is 1. The van der Waals surface area contributed by atoms with Crippen molar-refractivity contribution in [3.05, 3.63) is 47.3 Å². The molecule has 106 valence electrons. The summed E-state index contributed by atoms with van der Waals surface area (Å²) < 4.78 is 7.84. The molecular weight excluding hydrogens is 250 g/mol. The van der Waals surface area contributed by atoms with Crippen LogP contribution >= 0.6 is 0 Å². The third-order valence-electron chi connectivity index (χ3n) is 3.61. The third kappa shape index (κ3) is 3.20. The normalized spacial score (nSPS) is 14.5. The molecule has 0 bridgehead atoms. The van der Waals surface area contributed by atoms with Gasteiger partial charge in [0.05, 0.1) is 11.4 Å². The summed E-state index contributed by atoms with van der Waals surface area (Å²) in [5.41, 5.74) is 3.33. The van der Waals surface area contributed by atoms with Crippen molar-refractivity contribution in [2.24, 2.45) is 7.05 Å². The zero-order valence-electron chi connectivity index (χ0n) is 12.1. The highest BCUT2D eigenvalue weighted by molar-refractivity contribution is 5.33. The number of nitrogens with one attached hydrogen (secondary N) is 1. The monoisotopic (exact) mass is 271 g/mol. The van der Waals surface area contributed by atoms with Crippen molar-refractivity contribution in [2.75, 3.05) is 0 Å². The lowest BCUT2D eigenvalue weighted by Crippen LogP contribution is -2.16. The lowest BCUT2D eigenvalue weighted by molar-refractivity contribution is 0.291. The highest BCUT2D eigenvalue weighted by atomic mass is 16.5. The summed E-state index contributed by atoms with van der Waals surface area (Å²) in [5, 5.41) is 7.87. The van der Waals surface area contributed by atoms with Gasteiger partial charge >= 0.3 is 0 Å². The first kappa shape index (κ1) is 13.2. The molecule has 3 rings (SSSR count). The number of hydrogen-bond acceptors (Lipinski definition) is 3. The van der Waals surface area contributed by atoms with Gasteiger partial charge in [-0.3, -0.25) is 4.68 Å². The SMILES string of the molecule is Cc1cc(COc2ccccc2CNC2CC2)n(C)n1. The van der Waals surface area contributed by atoms with Crippen LogP contribution in [-0.2, 0) is 20.2 Å². The average Bonchev–Trinajstić information content (AvgIpc) is 3.20. The largest absolute Gasteiger partial charge is 0.487 e. The van der Waals surface area contributed by atoms with Crippen LogP contribution in [0, 0.1) is 6.92 Å². The standard InChI is InChI=1S/C16H21N3O/c1-12-9-15(19(2)18-12)11-20-16-6-4-3-5-13(16)10-17-14-7-8-14/h3-6,9,14,17H,7-8,10-11H2,1-2H3. The molecule has 4 heteroatoms. The first-order valence-corrected chi connectivity index (χ1v) is 7.16. The Morgan fingerprint density at radius 1 is 1.35 bits per heavy atom. The second-order valence-electron chi connectivity index (χ2n) is 5.45. The van der Waals surface area contributed by atoms with Gasteiger partial charge in [-0.15, -0.1) is 0 Å². The summed E-state index contributed by atoms with van der Waals surface area (Å²) in [6.45, 7) is 3.43. The van der Waals surface area contributed by atoms with Gasteiger partial charge in [0.2, 0.25) is 0 Å². The lowest BCUT2D eigenvalue weighted by atomic mass is 10.2. The van der Waals surface area contributed by atoms with E-state index in [0.29, 0.717) is 12.6 Å². The second-order valence-corrected chi connectivity index (χ2v) is 5.45. The molecule has 0 radical (unpaired) electrons. The van der Waals surface area contributed by atoms with Crippen molar-refractivity contribution in [1.82, 2.24) is 15.1 Å². The fourth-order valence-corrected chi connectivity index (χ4v) is 2.28. The molecule has 2 aromatic rings. The number of hydrogen-bond donors (Lipinski definition) is 1. The van der Waals surface area contributed by atoms with E-state index in [1.165, 1.54) is 18.4 Å². The zero-order chi connectivity index (χ0) is 13.9. The van der Waals surface area contributed by atoms with Crippen LogP contribution in [0.4, 0.5) is 0 Å². The van der Waals surface area contributed by atoms with Gasteiger partial charge in [0.25, 0.3) is 0 Å². The van der Waals surface area contributed by atoms with Crippen molar-refractivity contribution >= 4 is 0 Å². The van der Waals surface area contributed by atoms with Crippen LogP contribution in [0.25, 0.3) is 0 Å². The van der Waals surface area contributed by atoms with Crippen LogP contribution in [0.2, 0.25) is 0 Å². The number of nitrogens with zero attached hydrogens (tertiary/aromatic N) is 2. The van der Waals surface area contributed by atoms with Crippen molar-refractivity contribution in [2.45, 2.75) is 39.0 Å². The summed E-state index contributed by atoms with van der Waals surface area (Å²) in [5.74, 6) is 0.958. The number of benzene rings is 1. The van der Waals surface area contributed by atoms with Crippen LogP contribution in [0.15, 0.2) is 30.3 Å². The molecule has 20 heavy (non-hydrogen) atoms. The molecule has 0 atom stereocenters. The van der Waals surface area contributed by atoms with Crippen LogP contribution in [0.1, 0.15) is 29.8 Å². The molecule has 0 unspecified atom stereocenters. The molecule has 1 N–H and O–H groups in total. The van der Waals surface area contributed by atoms with Gasteiger partial charge < -0.3 is 10.1 Å². The minimum atomic E-state index is 0.553. The Labute approximate surface area is 119 Å². The predicted octanol–water partition coefficient (Wildman–Crippen LogP) is 2.56. The van der Waals surface area contributed by atoms with Crippen LogP contribution in [0.3, 0.4) is 0 Å². The average molecular weight is 271 g/mol. The van der Waals surface area contributed by atoms with E-state index >= 15 is 0 Å². The first-order valence-electron chi connectivity index (χ1n) is 7.16. The van der Waals surface area contributed by atoms with Crippen molar-refractivity contribution in [3.8, 4) is 5.75 Å². The summed E-state index contributed by atoms with van der Waals surface area (Å²) in [6.07, 6.45) is 2.61. The van der Waals surface area contributed by atoms with E-state index in [9.17, 15) is 0 Å². The number of ether oxygens (including phenoxy) is 1. The third-order valence-corrected chi connectivity index (χ3v) is 3.61. The summed E-state index contributed by atoms with van der Waals surface area (Å²) in [7, 11) is 1.95. The Hall–Kier alpha value is -1.81. The molecule has 1 aliphatic rings. The molecule has 1 aromatic heterocycles. The number of aryl methyl sites for hydroxylation is 2. The van der Waals surface area contributed by atoms with Crippen molar-refractivity contribution in [3.63, 3.8) is 0 Å². The van der Waals surface area contributed by atoms with Gasteiger partial charge in [0, 0.05) is 25.2 Å². The molecule has 0 aliphatic heterocycles. The number of rotatable bonds is 6. The number of aromatic nitrogens is 2. The Morgan fingerprint density at radius 2 is 2.15 bits per heavy atom. The Kier molecular flexibility index (Phi) is 3.74. The quantitative estimate of drug-likeness (QED) is 0.877. The van der Waals surface area contributed by atoms with E-state index in [2.05, 4.69) is 28.6 Å². The molecule has 0 saturated heterocycles. The second kappa shape index (κ2) is 5.67. The molecule has 1 fully saturated rings. The summed E-state index contributed by atoms with van der Waals surface area (Å²) >= 11 is 0. The van der Waals surface area contributed by atoms with Crippen LogP contribution in [-0.4, -0.2) is 15.8 Å². The smallest absolute Gasteiger partial charge is 0.130 e. The molecule has 4 nitrogen and oxygen atoms in total. The minimum absolute atomic E-state index is 0.553. The summed E-state index contributed by atoms with van der Waals surface area (Å²) in [4.78, 5) is 0. The van der Waals surface area contributed by atoms with Gasteiger partial charge in [-0.05, 0) is 31.9 Å². The first-order chi connectivity index (χ1) is 9.72. The molecule has 1 saturated carbocycles. The van der Waals surface area contributed by atoms with Gasteiger partial charge in [0.15, 0.2) is 0 Å². The van der Waals surface area contributed by atoms with Gasteiger partial charge in [0.1, 0.15) is 12.4 Å². The van der Waals surface area contributed by atoms with E-state index in [0.717, 1.165) is 23.7 Å². The minimum Gasteiger partial charge on any atom is -0.487 e. The molecule has 1 aromatic carbocycles. The van der Waals surface area contributed by atoms with Crippen LogP contribution in [0.5, 0.6) is 5.75 Å². The molecular formula is C16H21N3O. The molecule has 1 heterocycles. The van der Waals surface area contributed by atoms with Crippen LogP contribution < -0.4 is 10.1 Å². The summed E-state index contributed by atoms with van der Waals surface area (Å²) in [6, 6.07) is 11.0. The maximum absolute atomic E-state index is 5.97. The molecule has 0 amide bonds. The molecule has 0 spiro atoms. The highest BCUT2D eigenvalue weighted by Gasteiger charge is 2.20. The van der Waals surface area contributed by atoms with E-state index in [1.807, 2.05) is 30.8 Å². The maximum Gasteiger partial charge on any atom is 0.130 e. The van der Waals surface area contributed by atoms with Gasteiger partial charge in [-0.1, -0.05) is 18.2 Å². The maximum atomic E-state index is 5.97. The molecule has 1 aliphatic carbocycles. The highest BCUT2D eigenvalue weighted by Crippen LogP contribution is 2.23. The van der Waals surface area contributed by atoms with E-state index in [1.54, 1.807) is 0 Å². The Bertz CT molecular complexity index is 587. The fourth-order valence-electron chi connectivity index (χ4n) is 2.28.